The molecule has 0 spiro atoms. The molecule has 1 aromatic heterocycles. The summed E-state index contributed by atoms with van der Waals surface area (Å²) in [7, 11) is -3.59. The lowest BCUT2D eigenvalue weighted by Crippen LogP contribution is -2.37. The maximum Gasteiger partial charge on any atom is 0.220 e. The molecule has 2 aromatic rings. The van der Waals surface area contributed by atoms with Crippen LogP contribution in [0.5, 0.6) is 0 Å². The second kappa shape index (κ2) is 13.9. The largest absolute Gasteiger partial charge is 0.262 e. The SMILES string of the molecule is C\C=C/C=N\C=C(F)\C=C/C(C)S(=O)(=O)N(CC)CCCc1ccc(-c2cccc(C)c2C)nc1. The van der Waals surface area contributed by atoms with Gasteiger partial charge in [0.25, 0.3) is 0 Å². The zero-order valence-corrected chi connectivity index (χ0v) is 22.1. The number of hydrogen-bond acceptors (Lipinski definition) is 4. The summed E-state index contributed by atoms with van der Waals surface area (Å²) in [6.07, 6.45) is 11.7. The van der Waals surface area contributed by atoms with Gasteiger partial charge in [-0.25, -0.2) is 17.1 Å². The Bertz CT molecular complexity index is 1180. The van der Waals surface area contributed by atoms with Crippen molar-refractivity contribution >= 4 is 16.2 Å². The molecule has 0 saturated heterocycles. The number of aryl methyl sites for hydroxylation is 2. The molecule has 1 heterocycles. The zero-order chi connectivity index (χ0) is 25.8. The van der Waals surface area contributed by atoms with Gasteiger partial charge in [0.05, 0.1) is 17.1 Å². The Morgan fingerprint density at radius 3 is 2.66 bits per heavy atom. The molecule has 0 N–H and O–H groups in total. The highest BCUT2D eigenvalue weighted by Crippen LogP contribution is 2.24. The summed E-state index contributed by atoms with van der Waals surface area (Å²) >= 11 is 0. The van der Waals surface area contributed by atoms with Gasteiger partial charge >= 0.3 is 0 Å². The van der Waals surface area contributed by atoms with Gasteiger partial charge in [-0.1, -0.05) is 43.3 Å². The van der Waals surface area contributed by atoms with E-state index in [0.717, 1.165) is 35.5 Å². The van der Waals surface area contributed by atoms with Gasteiger partial charge in [-0.2, -0.15) is 0 Å². The maximum absolute atomic E-state index is 13.9. The Morgan fingerprint density at radius 1 is 1.23 bits per heavy atom. The van der Waals surface area contributed by atoms with Gasteiger partial charge in [0.15, 0.2) is 0 Å². The van der Waals surface area contributed by atoms with E-state index in [1.807, 2.05) is 38.2 Å². The third-order valence-electron chi connectivity index (χ3n) is 5.85. The number of benzene rings is 1. The minimum absolute atomic E-state index is 0.357. The summed E-state index contributed by atoms with van der Waals surface area (Å²) < 4.78 is 41.2. The lowest BCUT2D eigenvalue weighted by atomic mass is 10.00. The van der Waals surface area contributed by atoms with Crippen LogP contribution in [0.3, 0.4) is 0 Å². The highest BCUT2D eigenvalue weighted by molar-refractivity contribution is 7.89. The van der Waals surface area contributed by atoms with Crippen molar-refractivity contribution in [2.24, 2.45) is 4.99 Å². The van der Waals surface area contributed by atoms with Crippen LogP contribution in [-0.4, -0.2) is 42.3 Å². The number of aliphatic imine (C=N–C) groups is 1. The number of rotatable bonds is 12. The van der Waals surface area contributed by atoms with E-state index in [9.17, 15) is 12.8 Å². The van der Waals surface area contributed by atoms with Crippen LogP contribution in [-0.2, 0) is 16.4 Å². The van der Waals surface area contributed by atoms with Crippen LogP contribution < -0.4 is 0 Å². The zero-order valence-electron chi connectivity index (χ0n) is 21.3. The summed E-state index contributed by atoms with van der Waals surface area (Å²) in [5.41, 5.74) is 5.57. The van der Waals surface area contributed by atoms with Gasteiger partial charge < -0.3 is 0 Å². The number of halogens is 1. The molecule has 7 heteroatoms. The molecule has 0 aliphatic heterocycles. The van der Waals surface area contributed by atoms with Gasteiger partial charge in [0.2, 0.25) is 10.0 Å². The first-order valence-electron chi connectivity index (χ1n) is 11.9. The molecule has 0 saturated carbocycles. The molecule has 2 rings (SSSR count). The van der Waals surface area contributed by atoms with Crippen molar-refractivity contribution in [3.63, 3.8) is 0 Å². The third-order valence-corrected chi connectivity index (χ3v) is 8.11. The first kappa shape index (κ1) is 28.3. The van der Waals surface area contributed by atoms with Crippen molar-refractivity contribution in [1.82, 2.24) is 9.29 Å². The van der Waals surface area contributed by atoms with Gasteiger partial charge in [0.1, 0.15) is 5.83 Å². The molecule has 5 nitrogen and oxygen atoms in total. The second-order valence-electron chi connectivity index (χ2n) is 8.34. The Kier molecular flexibility index (Phi) is 11.2. The van der Waals surface area contributed by atoms with Crippen LogP contribution in [0.15, 0.2) is 77.9 Å². The molecule has 0 radical (unpaired) electrons. The fourth-order valence-corrected chi connectivity index (χ4v) is 5.03. The Morgan fingerprint density at radius 2 is 2.00 bits per heavy atom. The standard InChI is InChI=1S/C28H36FN3O2S/c1-6-8-18-30-21-26(29)16-14-23(4)35(33,34)32(7-2)19-10-12-25-15-17-28(31-20-25)27-13-9-11-22(3)24(27)5/h6,8-9,11,13-18,20-21,23H,7,10,12,19H2,1-5H3/b8-6-,16-14-,26-21-,30-18-. The number of hydrogen-bond donors (Lipinski definition) is 0. The van der Waals surface area contributed by atoms with Gasteiger partial charge in [0, 0.05) is 31.1 Å². The number of allylic oxidation sites excluding steroid dienone is 4. The van der Waals surface area contributed by atoms with E-state index in [-0.39, 0.29) is 0 Å². The minimum Gasteiger partial charge on any atom is -0.262 e. The van der Waals surface area contributed by atoms with E-state index in [1.54, 1.807) is 19.1 Å². The highest BCUT2D eigenvalue weighted by atomic mass is 32.2. The van der Waals surface area contributed by atoms with Crippen molar-refractivity contribution in [2.75, 3.05) is 13.1 Å². The van der Waals surface area contributed by atoms with Gasteiger partial charge in [-0.3, -0.25) is 9.98 Å². The average Bonchev–Trinajstić information content (AvgIpc) is 2.85. The molecular formula is C28H36FN3O2S. The number of nitrogens with zero attached hydrogens (tertiary/aromatic N) is 3. The highest BCUT2D eigenvalue weighted by Gasteiger charge is 2.25. The lowest BCUT2D eigenvalue weighted by Gasteiger charge is -2.23. The first-order chi connectivity index (χ1) is 16.7. The lowest BCUT2D eigenvalue weighted by molar-refractivity contribution is 0.417. The fraction of sp³-hybridized carbons (Fsp3) is 0.357. The normalized spacial score (nSPS) is 14.1. The van der Waals surface area contributed by atoms with Gasteiger partial charge in [-0.05, 0) is 75.4 Å². The fourth-order valence-electron chi connectivity index (χ4n) is 3.54. The summed E-state index contributed by atoms with van der Waals surface area (Å²) in [6, 6.07) is 10.3. The minimum atomic E-state index is -3.59. The predicted octanol–water partition coefficient (Wildman–Crippen LogP) is 6.35. The van der Waals surface area contributed by atoms with Crippen molar-refractivity contribution in [3.8, 4) is 11.3 Å². The molecule has 0 amide bonds. The quantitative estimate of drug-likeness (QED) is 0.253. The molecule has 0 aliphatic rings. The smallest absolute Gasteiger partial charge is 0.220 e. The summed E-state index contributed by atoms with van der Waals surface area (Å²) in [5.74, 6) is -0.604. The molecule has 35 heavy (non-hydrogen) atoms. The molecule has 1 unspecified atom stereocenters. The maximum atomic E-state index is 13.9. The molecule has 188 valence electrons. The first-order valence-corrected chi connectivity index (χ1v) is 13.4. The van der Waals surface area contributed by atoms with E-state index >= 15 is 0 Å². The van der Waals surface area contributed by atoms with Crippen molar-refractivity contribution in [3.05, 3.63) is 89.5 Å². The number of sulfonamides is 1. The van der Waals surface area contributed by atoms with Gasteiger partial charge in [-0.15, -0.1) is 0 Å². The van der Waals surface area contributed by atoms with E-state index in [0.29, 0.717) is 19.5 Å². The molecular weight excluding hydrogens is 461 g/mol. The summed E-state index contributed by atoms with van der Waals surface area (Å²) in [6.45, 7) is 10.1. The van der Waals surface area contributed by atoms with Crippen molar-refractivity contribution in [1.29, 1.82) is 0 Å². The van der Waals surface area contributed by atoms with Crippen LogP contribution in [0.1, 0.15) is 43.9 Å². The average molecular weight is 498 g/mol. The predicted molar refractivity (Wildman–Crippen MR) is 145 cm³/mol. The molecule has 0 fully saturated rings. The summed E-state index contributed by atoms with van der Waals surface area (Å²) in [5, 5.41) is -0.848. The Hall–Kier alpha value is -2.90. The molecule has 1 atom stereocenters. The van der Waals surface area contributed by atoms with Crippen molar-refractivity contribution < 1.29 is 12.8 Å². The van der Waals surface area contributed by atoms with E-state index in [2.05, 4.69) is 36.0 Å². The molecule has 0 aliphatic carbocycles. The Labute approximate surface area is 209 Å². The molecule has 0 bridgehead atoms. The number of aromatic nitrogens is 1. The van der Waals surface area contributed by atoms with E-state index in [1.165, 1.54) is 27.7 Å². The van der Waals surface area contributed by atoms with Crippen molar-refractivity contribution in [2.45, 2.75) is 52.7 Å². The van der Waals surface area contributed by atoms with E-state index < -0.39 is 21.1 Å². The van der Waals surface area contributed by atoms with E-state index in [4.69, 9.17) is 0 Å². The summed E-state index contributed by atoms with van der Waals surface area (Å²) in [4.78, 5) is 8.41. The van der Waals surface area contributed by atoms with Crippen LogP contribution >= 0.6 is 0 Å². The van der Waals surface area contributed by atoms with Crippen LogP contribution in [0.4, 0.5) is 4.39 Å². The number of pyridine rings is 1. The van der Waals surface area contributed by atoms with Crippen LogP contribution in [0.2, 0.25) is 0 Å². The Balaban J connectivity index is 1.96. The monoisotopic (exact) mass is 497 g/mol. The van der Waals surface area contributed by atoms with Crippen LogP contribution in [0, 0.1) is 13.8 Å². The molecule has 1 aromatic carbocycles. The third kappa shape index (κ3) is 8.37. The van der Waals surface area contributed by atoms with Crippen LogP contribution in [0.25, 0.3) is 11.3 Å². The topological polar surface area (TPSA) is 62.6 Å². The second-order valence-corrected chi connectivity index (χ2v) is 10.6.